The molecule has 0 spiro atoms. The number of carbonyl (C=O) groups is 5. The van der Waals surface area contributed by atoms with Crippen LogP contribution in [0.5, 0.6) is 0 Å². The lowest BCUT2D eigenvalue weighted by Gasteiger charge is -2.33. The van der Waals surface area contributed by atoms with Gasteiger partial charge in [0.15, 0.2) is 12.7 Å². The maximum absolute atomic E-state index is 13.4. The van der Waals surface area contributed by atoms with Gasteiger partial charge in [0.05, 0.1) is 22.3 Å². The Morgan fingerprint density at radius 1 is 0.574 bits per heavy atom. The molecule has 0 aromatic heterocycles. The van der Waals surface area contributed by atoms with E-state index in [-0.39, 0.29) is 22.3 Å². The molecule has 1 aliphatic rings. The monoisotopic (exact) mass is 638 g/mol. The van der Waals surface area contributed by atoms with Gasteiger partial charge in [0.25, 0.3) is 5.79 Å². The van der Waals surface area contributed by atoms with Crippen molar-refractivity contribution in [1.29, 1.82) is 0 Å². The Bertz CT molecular complexity index is 1690. The number of benzene rings is 4. The summed E-state index contributed by atoms with van der Waals surface area (Å²) in [6.45, 7) is -0.237. The van der Waals surface area contributed by atoms with Crippen LogP contribution in [0.15, 0.2) is 121 Å². The molecule has 0 bridgehead atoms. The summed E-state index contributed by atoms with van der Waals surface area (Å²) in [6.07, 6.45) is -4.58. The first-order valence-electron chi connectivity index (χ1n) is 14.6. The highest BCUT2D eigenvalue weighted by Gasteiger charge is 2.63. The first-order chi connectivity index (χ1) is 22.8. The van der Waals surface area contributed by atoms with Gasteiger partial charge in [-0.2, -0.15) is 0 Å². The summed E-state index contributed by atoms with van der Waals surface area (Å²) in [5.74, 6) is -6.46. The average Bonchev–Trinajstić information content (AvgIpc) is 3.37. The van der Waals surface area contributed by atoms with E-state index in [1.165, 1.54) is 36.4 Å². The van der Waals surface area contributed by atoms with E-state index in [1.54, 1.807) is 84.9 Å². The quantitative estimate of drug-likeness (QED) is 0.165. The molecule has 1 saturated heterocycles. The molecule has 47 heavy (non-hydrogen) atoms. The molecule has 0 N–H and O–H groups in total. The van der Waals surface area contributed by atoms with Crippen molar-refractivity contribution in [3.8, 4) is 0 Å². The Morgan fingerprint density at radius 3 is 1.43 bits per heavy atom. The van der Waals surface area contributed by atoms with E-state index in [0.29, 0.717) is 0 Å². The topological polar surface area (TPSA) is 141 Å². The minimum absolute atomic E-state index is 0.123. The predicted octanol–water partition coefficient (Wildman–Crippen LogP) is 4.81. The summed E-state index contributed by atoms with van der Waals surface area (Å²) in [5.41, 5.74) is 0.693. The number of esters is 5. The molecule has 4 unspecified atom stereocenters. The Labute approximate surface area is 269 Å². The Hall–Kier alpha value is -5.81. The van der Waals surface area contributed by atoms with Crippen molar-refractivity contribution < 1.29 is 52.4 Å². The average molecular weight is 639 g/mol. The Morgan fingerprint density at radius 2 is 0.979 bits per heavy atom. The molecule has 240 valence electrons. The lowest BCUT2D eigenvalue weighted by atomic mass is 10.0. The van der Waals surface area contributed by atoms with E-state index in [9.17, 15) is 24.0 Å². The van der Waals surface area contributed by atoms with Crippen molar-refractivity contribution in [1.82, 2.24) is 0 Å². The Balaban J connectivity index is 1.52. The molecule has 4 aromatic carbocycles. The molecule has 1 aliphatic heterocycles. The number of ether oxygens (including phenoxy) is 6. The van der Waals surface area contributed by atoms with Crippen LogP contribution in [0, 0.1) is 0 Å². The maximum atomic E-state index is 13.4. The van der Waals surface area contributed by atoms with Crippen molar-refractivity contribution in [3.63, 3.8) is 0 Å². The van der Waals surface area contributed by atoms with Crippen LogP contribution in [0.25, 0.3) is 0 Å². The molecule has 0 radical (unpaired) electrons. The first kappa shape index (κ1) is 32.6. The van der Waals surface area contributed by atoms with E-state index < -0.39 is 67.2 Å². The maximum Gasteiger partial charge on any atom is 0.338 e. The van der Waals surface area contributed by atoms with Crippen molar-refractivity contribution in [2.45, 2.75) is 31.0 Å². The summed E-state index contributed by atoms with van der Waals surface area (Å²) in [5, 5.41) is 0. The van der Waals surface area contributed by atoms with Crippen LogP contribution in [0.2, 0.25) is 0 Å². The van der Waals surface area contributed by atoms with Gasteiger partial charge in [-0.05, 0) is 48.5 Å². The fourth-order valence-corrected chi connectivity index (χ4v) is 4.89. The zero-order valence-corrected chi connectivity index (χ0v) is 25.2. The minimum atomic E-state index is -2.33. The van der Waals surface area contributed by atoms with Gasteiger partial charge in [-0.15, -0.1) is 0 Å². The van der Waals surface area contributed by atoms with E-state index in [0.717, 1.165) is 6.92 Å². The molecule has 11 nitrogen and oxygen atoms in total. The van der Waals surface area contributed by atoms with E-state index in [1.807, 2.05) is 0 Å². The molecule has 5 rings (SSSR count). The second-order valence-corrected chi connectivity index (χ2v) is 10.4. The van der Waals surface area contributed by atoms with E-state index >= 15 is 0 Å². The Kier molecular flexibility index (Phi) is 10.4. The zero-order chi connectivity index (χ0) is 33.2. The van der Waals surface area contributed by atoms with Gasteiger partial charge < -0.3 is 28.4 Å². The largest absolute Gasteiger partial charge is 0.459 e. The summed E-state index contributed by atoms with van der Waals surface area (Å²) < 4.78 is 34.6. The van der Waals surface area contributed by atoms with Crippen LogP contribution in [0.3, 0.4) is 0 Å². The molecule has 4 atom stereocenters. The third-order valence-corrected chi connectivity index (χ3v) is 7.06. The van der Waals surface area contributed by atoms with Gasteiger partial charge in [-0.25, -0.2) is 19.2 Å². The van der Waals surface area contributed by atoms with Gasteiger partial charge in [-0.3, -0.25) is 4.79 Å². The fourth-order valence-electron chi connectivity index (χ4n) is 4.89. The summed E-state index contributed by atoms with van der Waals surface area (Å²) in [4.78, 5) is 65.2. The highest BCUT2D eigenvalue weighted by molar-refractivity contribution is 5.91. The summed E-state index contributed by atoms with van der Waals surface area (Å²) >= 11 is 0. The standard InChI is InChI=1S/C36H30O11/c1-24(37)46-36(23-43-33(39)26-16-8-3-9-17-26)31(45-35(41)28-20-12-5-13-21-28)30(44-34(40)27-18-10-4-11-19-27)29(47-36)22-42-32(38)25-14-6-2-7-15-25/h2-21,29-31H,22-23H2,1H3. The third kappa shape index (κ3) is 8.08. The van der Waals surface area contributed by atoms with Crippen LogP contribution >= 0.6 is 0 Å². The van der Waals surface area contributed by atoms with Crippen molar-refractivity contribution >= 4 is 29.8 Å². The molecular weight excluding hydrogens is 608 g/mol. The highest BCUT2D eigenvalue weighted by Crippen LogP contribution is 2.39. The fraction of sp³-hybridized carbons (Fsp3) is 0.194. The predicted molar refractivity (Wildman–Crippen MR) is 164 cm³/mol. The van der Waals surface area contributed by atoms with Crippen molar-refractivity contribution in [2.24, 2.45) is 0 Å². The number of hydrogen-bond acceptors (Lipinski definition) is 11. The normalized spacial score (nSPS) is 20.0. The molecule has 0 aliphatic carbocycles. The van der Waals surface area contributed by atoms with Crippen LogP contribution in [-0.4, -0.2) is 67.2 Å². The van der Waals surface area contributed by atoms with Gasteiger partial charge in [0.1, 0.15) is 12.7 Å². The molecule has 1 fully saturated rings. The van der Waals surface area contributed by atoms with Crippen LogP contribution in [-0.2, 0) is 33.2 Å². The van der Waals surface area contributed by atoms with Crippen molar-refractivity contribution in [2.75, 3.05) is 13.2 Å². The van der Waals surface area contributed by atoms with Gasteiger partial charge >= 0.3 is 29.8 Å². The second-order valence-electron chi connectivity index (χ2n) is 10.4. The second kappa shape index (κ2) is 15.0. The van der Waals surface area contributed by atoms with Gasteiger partial charge in [-0.1, -0.05) is 72.8 Å². The van der Waals surface area contributed by atoms with Crippen LogP contribution in [0.4, 0.5) is 0 Å². The highest BCUT2D eigenvalue weighted by atomic mass is 16.8. The molecule has 0 amide bonds. The smallest absolute Gasteiger partial charge is 0.338 e. The molecule has 0 saturated carbocycles. The number of rotatable bonds is 11. The molecule has 1 heterocycles. The minimum Gasteiger partial charge on any atom is -0.459 e. The van der Waals surface area contributed by atoms with Crippen LogP contribution < -0.4 is 0 Å². The zero-order valence-electron chi connectivity index (χ0n) is 25.2. The van der Waals surface area contributed by atoms with E-state index in [2.05, 4.69) is 0 Å². The van der Waals surface area contributed by atoms with E-state index in [4.69, 9.17) is 28.4 Å². The molecule has 4 aromatic rings. The van der Waals surface area contributed by atoms with Gasteiger partial charge in [0, 0.05) is 6.92 Å². The summed E-state index contributed by atoms with van der Waals surface area (Å²) in [7, 11) is 0. The van der Waals surface area contributed by atoms with Gasteiger partial charge in [0.2, 0.25) is 6.10 Å². The molecule has 11 heteroatoms. The lowest BCUT2D eigenvalue weighted by molar-refractivity contribution is -0.262. The number of carbonyl (C=O) groups excluding carboxylic acids is 5. The van der Waals surface area contributed by atoms with Crippen molar-refractivity contribution in [3.05, 3.63) is 144 Å². The lowest BCUT2D eigenvalue weighted by Crippen LogP contribution is -2.53. The first-order valence-corrected chi connectivity index (χ1v) is 14.6. The SMILES string of the molecule is CC(=O)OC1(COC(=O)c2ccccc2)OC(COC(=O)c2ccccc2)C(OC(=O)c2ccccc2)C1OC(=O)c1ccccc1. The third-order valence-electron chi connectivity index (χ3n) is 7.06. The van der Waals surface area contributed by atoms with Crippen LogP contribution in [0.1, 0.15) is 48.4 Å². The number of hydrogen-bond donors (Lipinski definition) is 0. The summed E-state index contributed by atoms with van der Waals surface area (Å²) in [6, 6.07) is 32.0. The molecular formula is C36H30O11.